The second kappa shape index (κ2) is 14.8. The van der Waals surface area contributed by atoms with Crippen LogP contribution in [0.25, 0.3) is 121 Å². The van der Waals surface area contributed by atoms with Crippen LogP contribution < -0.4 is 0 Å². The zero-order valence-corrected chi connectivity index (χ0v) is 33.7. The maximum absolute atomic E-state index is 5.37. The van der Waals surface area contributed by atoms with E-state index >= 15 is 0 Å². The van der Waals surface area contributed by atoms with Crippen LogP contribution in [0.3, 0.4) is 0 Å². The zero-order chi connectivity index (χ0) is 41.0. The topological polar surface area (TPSA) is 38.7 Å². The van der Waals surface area contributed by atoms with Crippen molar-refractivity contribution < 1.29 is 0 Å². The van der Waals surface area contributed by atoms with Gasteiger partial charge in [0, 0.05) is 38.2 Å². The Kier molecular flexibility index (Phi) is 8.50. The van der Waals surface area contributed by atoms with Gasteiger partial charge in [-0.15, -0.1) is 0 Å². The molecule has 0 bridgehead atoms. The highest BCUT2D eigenvalue weighted by molar-refractivity contribution is 6.25. The Morgan fingerprint density at radius 1 is 0.242 bits per heavy atom. The van der Waals surface area contributed by atoms with E-state index in [1.807, 2.05) is 12.1 Å². The van der Waals surface area contributed by atoms with E-state index < -0.39 is 0 Å². The molecule has 2 aromatic heterocycles. The molecular weight excluding hydrogens is 751 g/mol. The molecule has 0 fully saturated rings. The number of aromatic nitrogens is 3. The molecule has 0 aliphatic heterocycles. The molecule has 0 spiro atoms. The maximum Gasteiger partial charge on any atom is 0.160 e. The molecule has 2 heterocycles. The second-order valence-corrected chi connectivity index (χ2v) is 15.9. The molecule has 10 aromatic carbocycles. The van der Waals surface area contributed by atoms with Crippen molar-refractivity contribution in [1.29, 1.82) is 0 Å². The van der Waals surface area contributed by atoms with E-state index in [2.05, 4.69) is 212 Å². The van der Waals surface area contributed by atoms with Gasteiger partial charge in [0.1, 0.15) is 0 Å². The van der Waals surface area contributed by atoms with Crippen molar-refractivity contribution in [2.45, 2.75) is 0 Å². The lowest BCUT2D eigenvalue weighted by Gasteiger charge is -2.17. The molecule has 0 aliphatic carbocycles. The van der Waals surface area contributed by atoms with Crippen LogP contribution in [0.1, 0.15) is 0 Å². The molecule has 12 rings (SSSR count). The zero-order valence-electron chi connectivity index (χ0n) is 33.7. The van der Waals surface area contributed by atoms with Crippen LogP contribution >= 0.6 is 0 Å². The van der Waals surface area contributed by atoms with Gasteiger partial charge >= 0.3 is 0 Å². The normalized spacial score (nSPS) is 11.5. The summed E-state index contributed by atoms with van der Waals surface area (Å²) in [7, 11) is 0. The summed E-state index contributed by atoms with van der Waals surface area (Å²) in [6.45, 7) is 0. The molecule has 3 heteroatoms. The quantitative estimate of drug-likeness (QED) is 0.158. The molecule has 0 unspecified atom stereocenters. The fourth-order valence-corrected chi connectivity index (χ4v) is 9.19. The predicted octanol–water partition coefficient (Wildman–Crippen LogP) is 15.6. The number of benzene rings is 10. The number of nitrogens with zero attached hydrogens (tertiary/aromatic N) is 3. The van der Waals surface area contributed by atoms with Crippen LogP contribution in [0.15, 0.2) is 224 Å². The minimum atomic E-state index is 0.704. The van der Waals surface area contributed by atoms with Gasteiger partial charge in [-0.3, -0.25) is 0 Å². The van der Waals surface area contributed by atoms with Crippen LogP contribution in [0.2, 0.25) is 0 Å². The van der Waals surface area contributed by atoms with E-state index in [4.69, 9.17) is 15.0 Å². The Balaban J connectivity index is 0.960. The Morgan fingerprint density at radius 3 is 1.55 bits per heavy atom. The summed E-state index contributed by atoms with van der Waals surface area (Å²) in [5, 5.41) is 9.42. The molecule has 0 radical (unpaired) electrons. The number of pyridine rings is 1. The fraction of sp³-hybridized carbons (Fsp3) is 0. The molecule has 0 saturated heterocycles. The third-order valence-corrected chi connectivity index (χ3v) is 12.2. The van der Waals surface area contributed by atoms with Crippen molar-refractivity contribution >= 4 is 54.1 Å². The molecular formula is C59H37N3. The van der Waals surface area contributed by atoms with Gasteiger partial charge in [-0.25, -0.2) is 15.0 Å². The van der Waals surface area contributed by atoms with E-state index in [-0.39, 0.29) is 0 Å². The highest BCUT2D eigenvalue weighted by Crippen LogP contribution is 2.43. The lowest BCUT2D eigenvalue weighted by molar-refractivity contribution is 1.23. The number of para-hydroxylation sites is 2. The minimum absolute atomic E-state index is 0.704. The largest absolute Gasteiger partial charge is 0.247 e. The molecule has 0 atom stereocenters. The smallest absolute Gasteiger partial charge is 0.160 e. The van der Waals surface area contributed by atoms with Crippen molar-refractivity contribution in [3.05, 3.63) is 224 Å². The van der Waals surface area contributed by atoms with Crippen LogP contribution in [0.5, 0.6) is 0 Å². The monoisotopic (exact) mass is 787 g/mol. The van der Waals surface area contributed by atoms with Crippen molar-refractivity contribution in [2.24, 2.45) is 0 Å². The standard InChI is InChI=1S/C59H37N3/c1-2-14-38(15-3-1)44-19-13-21-46(35-44)57-51-25-9-11-27-55(51)61-59(62-57)41-31-28-40(29-32-41)43-18-12-20-45(34-43)52-37-53-56(49-23-7-6-22-48(49)52)50-24-8-10-26-54(50)60-58(53)47-33-30-39-16-4-5-17-42(39)36-47/h1-37H. The van der Waals surface area contributed by atoms with Gasteiger partial charge in [-0.05, 0) is 91.3 Å². The Labute approximate surface area is 359 Å². The van der Waals surface area contributed by atoms with E-state index in [9.17, 15) is 0 Å². The molecule has 288 valence electrons. The van der Waals surface area contributed by atoms with Crippen molar-refractivity contribution in [3.63, 3.8) is 0 Å². The first-order valence-electron chi connectivity index (χ1n) is 21.1. The molecule has 3 nitrogen and oxygen atoms in total. The van der Waals surface area contributed by atoms with Gasteiger partial charge in [-0.1, -0.05) is 188 Å². The SMILES string of the molecule is c1ccc(-c2cccc(-c3nc(-c4ccc(-c5cccc(-c6cc7c(-c8ccc9ccccc9c8)nc8ccccc8c7c7ccccc67)c5)cc4)nc4ccccc34)c2)cc1. The summed E-state index contributed by atoms with van der Waals surface area (Å²) in [4.78, 5) is 15.7. The van der Waals surface area contributed by atoms with Gasteiger partial charge in [0.15, 0.2) is 5.82 Å². The fourth-order valence-electron chi connectivity index (χ4n) is 9.19. The predicted molar refractivity (Wildman–Crippen MR) is 260 cm³/mol. The first-order valence-corrected chi connectivity index (χ1v) is 21.1. The summed E-state index contributed by atoms with van der Waals surface area (Å²) in [6.07, 6.45) is 0. The van der Waals surface area contributed by atoms with Gasteiger partial charge in [0.05, 0.1) is 22.4 Å². The number of hydrogen-bond acceptors (Lipinski definition) is 3. The highest BCUT2D eigenvalue weighted by Gasteiger charge is 2.18. The van der Waals surface area contributed by atoms with E-state index in [1.54, 1.807) is 0 Å². The van der Waals surface area contributed by atoms with Gasteiger partial charge in [-0.2, -0.15) is 0 Å². The number of rotatable bonds is 6. The summed E-state index contributed by atoms with van der Waals surface area (Å²) < 4.78 is 0. The Hall–Kier alpha value is -8.27. The molecule has 62 heavy (non-hydrogen) atoms. The molecule has 0 amide bonds. The van der Waals surface area contributed by atoms with Crippen LogP contribution in [0, 0.1) is 0 Å². The first-order chi connectivity index (χ1) is 30.7. The number of hydrogen-bond donors (Lipinski definition) is 0. The van der Waals surface area contributed by atoms with E-state index in [0.29, 0.717) is 5.82 Å². The first kappa shape index (κ1) is 35.7. The summed E-state index contributed by atoms with van der Waals surface area (Å²) in [6, 6.07) is 80.0. The Morgan fingerprint density at radius 2 is 0.758 bits per heavy atom. The van der Waals surface area contributed by atoms with Crippen molar-refractivity contribution in [2.75, 3.05) is 0 Å². The van der Waals surface area contributed by atoms with Gasteiger partial charge < -0.3 is 0 Å². The Bertz CT molecular complexity index is 3690. The lowest BCUT2D eigenvalue weighted by Crippen LogP contribution is -1.95. The van der Waals surface area contributed by atoms with Gasteiger partial charge in [0.2, 0.25) is 0 Å². The van der Waals surface area contributed by atoms with Crippen molar-refractivity contribution in [3.8, 4) is 67.3 Å². The molecule has 0 saturated carbocycles. The van der Waals surface area contributed by atoms with E-state index in [1.165, 1.54) is 38.1 Å². The number of fused-ring (bicyclic) bond motifs is 7. The van der Waals surface area contributed by atoms with Crippen LogP contribution in [0.4, 0.5) is 0 Å². The minimum Gasteiger partial charge on any atom is -0.247 e. The third-order valence-electron chi connectivity index (χ3n) is 12.2. The van der Waals surface area contributed by atoms with Crippen molar-refractivity contribution in [1.82, 2.24) is 15.0 Å². The average molecular weight is 788 g/mol. The van der Waals surface area contributed by atoms with Gasteiger partial charge in [0.25, 0.3) is 0 Å². The summed E-state index contributed by atoms with van der Waals surface area (Å²) in [5.41, 5.74) is 13.9. The second-order valence-electron chi connectivity index (χ2n) is 15.9. The lowest BCUT2D eigenvalue weighted by atomic mass is 9.89. The van der Waals surface area contributed by atoms with Crippen LogP contribution in [-0.4, -0.2) is 15.0 Å². The third kappa shape index (κ3) is 6.18. The van der Waals surface area contributed by atoms with Crippen LogP contribution in [-0.2, 0) is 0 Å². The average Bonchev–Trinajstić information content (AvgIpc) is 3.35. The summed E-state index contributed by atoms with van der Waals surface area (Å²) in [5.74, 6) is 0.704. The highest BCUT2D eigenvalue weighted by atomic mass is 14.9. The van der Waals surface area contributed by atoms with E-state index in [0.717, 1.165) is 77.5 Å². The molecule has 12 aromatic rings. The summed E-state index contributed by atoms with van der Waals surface area (Å²) >= 11 is 0. The molecule has 0 N–H and O–H groups in total. The molecule has 0 aliphatic rings. The maximum atomic E-state index is 5.37.